The summed E-state index contributed by atoms with van der Waals surface area (Å²) in [6.45, 7) is 0. The maximum absolute atomic E-state index is 12.4. The van der Waals surface area contributed by atoms with Crippen molar-refractivity contribution < 1.29 is 19.1 Å². The Balaban J connectivity index is 1.70. The molecule has 0 bridgehead atoms. The maximum Gasteiger partial charge on any atom is 0.345 e. The summed E-state index contributed by atoms with van der Waals surface area (Å²) in [5.74, 6) is -0.684. The fourth-order valence-electron chi connectivity index (χ4n) is 2.30. The zero-order valence-corrected chi connectivity index (χ0v) is 17.0. The lowest BCUT2D eigenvalue weighted by molar-refractivity contribution is 0.0729. The van der Waals surface area contributed by atoms with Crippen LogP contribution in [0.5, 0.6) is 11.5 Å². The van der Waals surface area contributed by atoms with Gasteiger partial charge in [0.15, 0.2) is 11.5 Å². The SMILES string of the molecule is COc1cc(/C=N\NC(=O)c2cnccn2)ccc1OC(=O)c1ccc(Cl)cc1Cl. The summed E-state index contributed by atoms with van der Waals surface area (Å²) in [6, 6.07) is 9.21. The third-order valence-electron chi connectivity index (χ3n) is 3.72. The molecule has 0 saturated heterocycles. The summed E-state index contributed by atoms with van der Waals surface area (Å²) in [5.41, 5.74) is 3.24. The molecule has 3 rings (SSSR count). The van der Waals surface area contributed by atoms with Gasteiger partial charge in [-0.25, -0.2) is 15.2 Å². The Labute approximate surface area is 181 Å². The molecule has 0 aliphatic rings. The van der Waals surface area contributed by atoms with Gasteiger partial charge >= 0.3 is 5.97 Å². The quantitative estimate of drug-likeness (QED) is 0.268. The van der Waals surface area contributed by atoms with Crippen LogP contribution < -0.4 is 14.9 Å². The highest BCUT2D eigenvalue weighted by molar-refractivity contribution is 6.36. The average Bonchev–Trinajstić information content (AvgIpc) is 2.75. The second-order valence-electron chi connectivity index (χ2n) is 5.71. The van der Waals surface area contributed by atoms with E-state index in [-0.39, 0.29) is 27.8 Å². The smallest absolute Gasteiger partial charge is 0.345 e. The van der Waals surface area contributed by atoms with E-state index < -0.39 is 11.9 Å². The fourth-order valence-corrected chi connectivity index (χ4v) is 2.78. The summed E-state index contributed by atoms with van der Waals surface area (Å²) in [6.07, 6.45) is 5.59. The number of ether oxygens (including phenoxy) is 2. The normalized spacial score (nSPS) is 10.6. The number of benzene rings is 2. The Bertz CT molecular complexity index is 1110. The van der Waals surface area contributed by atoms with E-state index in [1.54, 1.807) is 12.1 Å². The molecular formula is C20H14Cl2N4O4. The first-order valence-corrected chi connectivity index (χ1v) is 9.18. The van der Waals surface area contributed by atoms with E-state index in [1.807, 2.05) is 0 Å². The number of nitrogens with one attached hydrogen (secondary N) is 1. The number of carbonyl (C=O) groups is 2. The summed E-state index contributed by atoms with van der Waals surface area (Å²) >= 11 is 11.9. The Kier molecular flexibility index (Phi) is 6.95. The van der Waals surface area contributed by atoms with Crippen LogP contribution in [-0.4, -0.2) is 35.2 Å². The fraction of sp³-hybridized carbons (Fsp3) is 0.0500. The highest BCUT2D eigenvalue weighted by Gasteiger charge is 2.16. The molecule has 0 aliphatic heterocycles. The van der Waals surface area contributed by atoms with E-state index in [9.17, 15) is 9.59 Å². The molecule has 1 heterocycles. The number of nitrogens with zero attached hydrogens (tertiary/aromatic N) is 3. The number of halogens is 2. The Morgan fingerprint density at radius 2 is 1.93 bits per heavy atom. The molecule has 1 aromatic heterocycles. The zero-order valence-electron chi connectivity index (χ0n) is 15.5. The van der Waals surface area contributed by atoms with Crippen LogP contribution in [0.3, 0.4) is 0 Å². The highest BCUT2D eigenvalue weighted by atomic mass is 35.5. The van der Waals surface area contributed by atoms with Crippen LogP contribution >= 0.6 is 23.2 Å². The van der Waals surface area contributed by atoms with Crippen LogP contribution in [0.1, 0.15) is 26.4 Å². The topological polar surface area (TPSA) is 103 Å². The largest absolute Gasteiger partial charge is 0.493 e. The van der Waals surface area contributed by atoms with E-state index in [0.717, 1.165) is 0 Å². The summed E-state index contributed by atoms with van der Waals surface area (Å²) in [7, 11) is 1.43. The Hall–Kier alpha value is -3.49. The number of hydrogen-bond donors (Lipinski definition) is 1. The molecule has 0 fully saturated rings. The van der Waals surface area contributed by atoms with Crippen molar-refractivity contribution in [2.24, 2.45) is 5.10 Å². The van der Waals surface area contributed by atoms with Crippen LogP contribution in [0.4, 0.5) is 0 Å². The number of rotatable bonds is 6. The highest BCUT2D eigenvalue weighted by Crippen LogP contribution is 2.29. The molecule has 8 nitrogen and oxygen atoms in total. The second-order valence-corrected chi connectivity index (χ2v) is 6.56. The molecule has 1 N–H and O–H groups in total. The Morgan fingerprint density at radius 1 is 1.10 bits per heavy atom. The minimum absolute atomic E-state index is 0.135. The van der Waals surface area contributed by atoms with Gasteiger partial charge in [0, 0.05) is 17.4 Å². The van der Waals surface area contributed by atoms with Gasteiger partial charge in [-0.2, -0.15) is 5.10 Å². The first-order chi connectivity index (χ1) is 14.5. The number of amides is 1. The minimum atomic E-state index is -0.660. The van der Waals surface area contributed by atoms with Crippen LogP contribution in [0.2, 0.25) is 10.0 Å². The van der Waals surface area contributed by atoms with Crippen molar-refractivity contribution in [2.45, 2.75) is 0 Å². The third kappa shape index (κ3) is 5.31. The van der Waals surface area contributed by atoms with Crippen molar-refractivity contribution in [3.05, 3.63) is 81.9 Å². The van der Waals surface area contributed by atoms with E-state index in [1.165, 1.54) is 56.2 Å². The van der Waals surface area contributed by atoms with Gasteiger partial charge in [-0.05, 0) is 42.0 Å². The van der Waals surface area contributed by atoms with E-state index in [4.69, 9.17) is 32.7 Å². The third-order valence-corrected chi connectivity index (χ3v) is 4.26. The van der Waals surface area contributed by atoms with Crippen LogP contribution in [-0.2, 0) is 0 Å². The first kappa shape index (κ1) is 21.2. The number of carbonyl (C=O) groups excluding carboxylic acids is 2. The summed E-state index contributed by atoms with van der Waals surface area (Å²) < 4.78 is 10.6. The van der Waals surface area contributed by atoms with Gasteiger partial charge in [-0.15, -0.1) is 0 Å². The number of aromatic nitrogens is 2. The van der Waals surface area contributed by atoms with Gasteiger partial charge < -0.3 is 9.47 Å². The maximum atomic E-state index is 12.4. The number of hydrazone groups is 1. The molecule has 1 amide bonds. The molecule has 152 valence electrons. The van der Waals surface area contributed by atoms with Crippen LogP contribution in [0, 0.1) is 0 Å². The van der Waals surface area contributed by atoms with E-state index in [0.29, 0.717) is 10.6 Å². The summed E-state index contributed by atoms with van der Waals surface area (Å²) in [5, 5.41) is 4.45. The monoisotopic (exact) mass is 444 g/mol. The van der Waals surface area contributed by atoms with Crippen molar-refractivity contribution in [2.75, 3.05) is 7.11 Å². The molecule has 0 radical (unpaired) electrons. The van der Waals surface area contributed by atoms with Crippen molar-refractivity contribution in [3.8, 4) is 11.5 Å². The number of methoxy groups -OCH3 is 1. The molecule has 0 spiro atoms. The van der Waals surface area contributed by atoms with Gasteiger partial charge in [0.25, 0.3) is 5.91 Å². The van der Waals surface area contributed by atoms with Crippen molar-refractivity contribution in [3.63, 3.8) is 0 Å². The van der Waals surface area contributed by atoms with Crippen LogP contribution in [0.15, 0.2) is 60.1 Å². The standard InChI is InChI=1S/C20H14Cl2N4O4/c1-29-18-8-12(10-25-26-19(27)16-11-23-6-7-24-16)2-5-17(18)30-20(28)14-4-3-13(21)9-15(14)22/h2-11H,1H3,(H,26,27)/b25-10-. The lowest BCUT2D eigenvalue weighted by atomic mass is 10.2. The van der Waals surface area contributed by atoms with Crippen LogP contribution in [0.25, 0.3) is 0 Å². The molecule has 0 saturated carbocycles. The van der Waals surface area contributed by atoms with Gasteiger partial charge in [-0.1, -0.05) is 23.2 Å². The van der Waals surface area contributed by atoms with Gasteiger partial charge in [0.2, 0.25) is 0 Å². The molecule has 0 atom stereocenters. The first-order valence-electron chi connectivity index (χ1n) is 8.42. The molecule has 0 aliphatic carbocycles. The predicted octanol–water partition coefficient (Wildman–Crippen LogP) is 3.78. The molecule has 30 heavy (non-hydrogen) atoms. The van der Waals surface area contributed by atoms with Crippen molar-refractivity contribution in [1.29, 1.82) is 0 Å². The zero-order chi connectivity index (χ0) is 21.5. The van der Waals surface area contributed by atoms with E-state index in [2.05, 4.69) is 20.5 Å². The predicted molar refractivity (Wildman–Crippen MR) is 112 cm³/mol. The van der Waals surface area contributed by atoms with Gasteiger partial charge in [-0.3, -0.25) is 9.78 Å². The number of esters is 1. The molecular weight excluding hydrogens is 431 g/mol. The average molecular weight is 445 g/mol. The number of hydrogen-bond acceptors (Lipinski definition) is 7. The van der Waals surface area contributed by atoms with Crippen molar-refractivity contribution in [1.82, 2.24) is 15.4 Å². The van der Waals surface area contributed by atoms with Gasteiger partial charge in [0.1, 0.15) is 5.69 Å². The molecule has 3 aromatic rings. The van der Waals surface area contributed by atoms with E-state index >= 15 is 0 Å². The molecule has 2 aromatic carbocycles. The van der Waals surface area contributed by atoms with Gasteiger partial charge in [0.05, 0.1) is 30.1 Å². The minimum Gasteiger partial charge on any atom is -0.493 e. The molecule has 0 unspecified atom stereocenters. The second kappa shape index (κ2) is 9.82. The summed E-state index contributed by atoms with van der Waals surface area (Å²) in [4.78, 5) is 32.0. The lowest BCUT2D eigenvalue weighted by Gasteiger charge is -2.10. The molecule has 10 heteroatoms. The lowest BCUT2D eigenvalue weighted by Crippen LogP contribution is -2.19. The van der Waals surface area contributed by atoms with Crippen molar-refractivity contribution >= 4 is 41.3 Å². The Morgan fingerprint density at radius 3 is 2.63 bits per heavy atom.